The Hall–Kier alpha value is -3.63. The zero-order chi connectivity index (χ0) is 28.6. The molecule has 40 heavy (non-hydrogen) atoms. The highest BCUT2D eigenvalue weighted by atomic mass is 16.5. The third kappa shape index (κ3) is 7.31. The van der Waals surface area contributed by atoms with Gasteiger partial charge in [-0.25, -0.2) is 9.80 Å². The van der Waals surface area contributed by atoms with E-state index in [2.05, 4.69) is 10.2 Å². The molecule has 2 aliphatic heterocycles. The molecular weight excluding hydrogens is 510 g/mol. The molecular formula is C30H41N5O5. The van der Waals surface area contributed by atoms with Crippen molar-refractivity contribution in [2.24, 2.45) is 5.10 Å². The van der Waals surface area contributed by atoms with Crippen molar-refractivity contribution in [3.05, 3.63) is 59.2 Å². The molecule has 2 heterocycles. The average Bonchev–Trinajstić information content (AvgIpc) is 3.40. The maximum Gasteiger partial charge on any atom is 0.318 e. The Bertz CT molecular complexity index is 1190. The number of hydrogen-bond donors (Lipinski definition) is 1. The van der Waals surface area contributed by atoms with Crippen molar-refractivity contribution in [3.63, 3.8) is 0 Å². The molecule has 0 bridgehead atoms. The molecule has 0 saturated carbocycles. The van der Waals surface area contributed by atoms with E-state index in [0.29, 0.717) is 44.2 Å². The highest BCUT2D eigenvalue weighted by Crippen LogP contribution is 2.36. The second kappa shape index (κ2) is 13.6. The number of aryl methyl sites for hydroxylation is 1. The Morgan fingerprint density at radius 2 is 1.82 bits per heavy atom. The van der Waals surface area contributed by atoms with Crippen LogP contribution in [0.3, 0.4) is 0 Å². The molecule has 10 nitrogen and oxygen atoms in total. The fraction of sp³-hybridized carbons (Fsp3) is 0.500. The average molecular weight is 552 g/mol. The van der Waals surface area contributed by atoms with Gasteiger partial charge in [0.25, 0.3) is 5.91 Å². The predicted octanol–water partition coefficient (Wildman–Crippen LogP) is 3.44. The van der Waals surface area contributed by atoms with Gasteiger partial charge in [-0.05, 0) is 38.5 Å². The third-order valence-electron chi connectivity index (χ3n) is 7.16. The van der Waals surface area contributed by atoms with Crippen molar-refractivity contribution >= 4 is 17.6 Å². The second-order valence-electron chi connectivity index (χ2n) is 10.5. The maximum atomic E-state index is 13.9. The monoisotopic (exact) mass is 551 g/mol. The van der Waals surface area contributed by atoms with Crippen LogP contribution in [-0.2, 0) is 9.53 Å². The number of rotatable bonds is 10. The number of nitrogens with one attached hydrogen (secondary N) is 1. The third-order valence-corrected chi connectivity index (χ3v) is 7.16. The van der Waals surface area contributed by atoms with E-state index in [1.54, 1.807) is 19.1 Å². The molecule has 0 spiro atoms. The fourth-order valence-electron chi connectivity index (χ4n) is 4.90. The number of urea groups is 1. The van der Waals surface area contributed by atoms with Crippen LogP contribution in [0, 0.1) is 6.92 Å². The van der Waals surface area contributed by atoms with Crippen molar-refractivity contribution in [1.82, 2.24) is 20.1 Å². The summed E-state index contributed by atoms with van der Waals surface area (Å²) in [4.78, 5) is 30.9. The Balaban J connectivity index is 1.60. The highest BCUT2D eigenvalue weighted by Gasteiger charge is 2.35. The summed E-state index contributed by atoms with van der Waals surface area (Å²) in [5.41, 5.74) is 3.66. The van der Waals surface area contributed by atoms with E-state index >= 15 is 0 Å². The lowest BCUT2D eigenvalue weighted by molar-refractivity contribution is -0.133. The molecule has 1 saturated heterocycles. The molecule has 1 N–H and O–H groups in total. The Kier molecular flexibility index (Phi) is 10.0. The van der Waals surface area contributed by atoms with Gasteiger partial charge in [-0.2, -0.15) is 5.10 Å². The van der Waals surface area contributed by atoms with E-state index in [1.807, 2.05) is 63.2 Å². The molecule has 0 aromatic heterocycles. The number of benzene rings is 2. The van der Waals surface area contributed by atoms with Gasteiger partial charge in [0.15, 0.2) is 0 Å². The number of nitrogens with zero attached hydrogens (tertiary/aromatic N) is 4. The summed E-state index contributed by atoms with van der Waals surface area (Å²) < 4.78 is 16.4. The fourth-order valence-corrected chi connectivity index (χ4v) is 4.90. The summed E-state index contributed by atoms with van der Waals surface area (Å²) in [5, 5.41) is 9.30. The van der Waals surface area contributed by atoms with Crippen LogP contribution in [0.5, 0.6) is 11.5 Å². The van der Waals surface area contributed by atoms with Crippen LogP contribution in [0.25, 0.3) is 0 Å². The molecule has 10 heteroatoms. The minimum absolute atomic E-state index is 0.0484. The van der Waals surface area contributed by atoms with Gasteiger partial charge in [0.05, 0.1) is 39.2 Å². The number of hydrogen-bond acceptors (Lipinski definition) is 7. The zero-order valence-corrected chi connectivity index (χ0v) is 24.2. The summed E-state index contributed by atoms with van der Waals surface area (Å²) in [6.45, 7) is 9.84. The first-order valence-electron chi connectivity index (χ1n) is 13.8. The second-order valence-corrected chi connectivity index (χ2v) is 10.5. The Labute approximate surface area is 236 Å². The van der Waals surface area contributed by atoms with E-state index in [4.69, 9.17) is 19.3 Å². The minimum atomic E-state index is -0.302. The zero-order valence-electron chi connectivity index (χ0n) is 24.2. The molecule has 0 unspecified atom stereocenters. The number of hydrazone groups is 1. The van der Waals surface area contributed by atoms with Gasteiger partial charge in [0.2, 0.25) is 0 Å². The number of amides is 3. The van der Waals surface area contributed by atoms with Gasteiger partial charge in [0.1, 0.15) is 18.0 Å². The van der Waals surface area contributed by atoms with Crippen molar-refractivity contribution < 1.29 is 23.8 Å². The Morgan fingerprint density at radius 3 is 2.48 bits per heavy atom. The lowest BCUT2D eigenvalue weighted by atomic mass is 9.97. The van der Waals surface area contributed by atoms with Gasteiger partial charge in [-0.3, -0.25) is 9.69 Å². The number of methoxy groups -OCH3 is 2. The molecule has 0 radical (unpaired) electrons. The van der Waals surface area contributed by atoms with Crippen LogP contribution in [0.2, 0.25) is 0 Å². The maximum absolute atomic E-state index is 13.9. The Morgan fingerprint density at radius 1 is 1.10 bits per heavy atom. The van der Waals surface area contributed by atoms with Crippen molar-refractivity contribution in [2.45, 2.75) is 39.3 Å². The van der Waals surface area contributed by atoms with Crippen LogP contribution in [0.4, 0.5) is 4.79 Å². The normalized spacial score (nSPS) is 17.5. The quantitative estimate of drug-likeness (QED) is 0.486. The molecule has 216 valence electrons. The van der Waals surface area contributed by atoms with E-state index < -0.39 is 0 Å². The number of ether oxygens (including phenoxy) is 3. The van der Waals surface area contributed by atoms with Crippen molar-refractivity contribution in [2.75, 3.05) is 60.2 Å². The summed E-state index contributed by atoms with van der Waals surface area (Å²) in [5.74, 6) is 1.06. The van der Waals surface area contributed by atoms with Crippen LogP contribution in [0.15, 0.2) is 47.6 Å². The van der Waals surface area contributed by atoms with E-state index in [1.165, 1.54) is 5.01 Å². The van der Waals surface area contributed by atoms with Gasteiger partial charge in [-0.1, -0.05) is 29.8 Å². The number of carbonyl (C=O) groups excluding carboxylic acids is 2. The molecule has 1 atom stereocenters. The predicted molar refractivity (Wildman–Crippen MR) is 154 cm³/mol. The van der Waals surface area contributed by atoms with E-state index in [9.17, 15) is 9.59 Å². The first kappa shape index (κ1) is 29.4. The van der Waals surface area contributed by atoms with Crippen LogP contribution in [0.1, 0.15) is 43.0 Å². The van der Waals surface area contributed by atoms with Crippen LogP contribution >= 0.6 is 0 Å². The first-order valence-corrected chi connectivity index (χ1v) is 13.8. The van der Waals surface area contributed by atoms with Gasteiger partial charge < -0.3 is 24.4 Å². The first-order chi connectivity index (χ1) is 19.3. The molecule has 2 aromatic rings. The number of carbonyl (C=O) groups is 2. The summed E-state index contributed by atoms with van der Waals surface area (Å²) in [6.07, 6.45) is 0.517. The standard InChI is InChI=1S/C30H41N5O5/c1-21(2)31-30(37)34(13-12-33-14-16-40-17-15-33)20-29(36)35-27(23-8-6-22(3)7-9-23)19-26(32-35)25-11-10-24(38-4)18-28(25)39-5/h6-11,18,21,27H,12-17,19-20H2,1-5H3,(H,31,37)/t27-/m1/s1. The summed E-state index contributed by atoms with van der Waals surface area (Å²) in [6, 6.07) is 13.1. The topological polar surface area (TPSA) is 95.9 Å². The molecule has 0 aliphatic carbocycles. The molecule has 2 aliphatic rings. The van der Waals surface area contributed by atoms with Crippen molar-refractivity contribution in [3.8, 4) is 11.5 Å². The molecule has 2 aromatic carbocycles. The van der Waals surface area contributed by atoms with E-state index in [-0.39, 0.29) is 30.6 Å². The van der Waals surface area contributed by atoms with Gasteiger partial charge in [-0.15, -0.1) is 0 Å². The smallest absolute Gasteiger partial charge is 0.318 e. The largest absolute Gasteiger partial charge is 0.497 e. The van der Waals surface area contributed by atoms with E-state index in [0.717, 1.165) is 35.5 Å². The minimum Gasteiger partial charge on any atom is -0.497 e. The van der Waals surface area contributed by atoms with Crippen LogP contribution < -0.4 is 14.8 Å². The lowest BCUT2D eigenvalue weighted by Crippen LogP contribution is -2.50. The van der Waals surface area contributed by atoms with Crippen molar-refractivity contribution in [1.29, 1.82) is 0 Å². The molecule has 4 rings (SSSR count). The van der Waals surface area contributed by atoms with Crippen LogP contribution in [-0.4, -0.2) is 98.7 Å². The number of morpholine rings is 1. The molecule has 3 amide bonds. The summed E-state index contributed by atoms with van der Waals surface area (Å²) >= 11 is 0. The van der Waals surface area contributed by atoms with Gasteiger partial charge in [0, 0.05) is 50.3 Å². The van der Waals surface area contributed by atoms with Gasteiger partial charge >= 0.3 is 6.03 Å². The highest BCUT2D eigenvalue weighted by molar-refractivity contribution is 6.05. The SMILES string of the molecule is COc1ccc(C2=NN(C(=O)CN(CCN3CCOCC3)C(=O)NC(C)C)[C@@H](c3ccc(C)cc3)C2)c(OC)c1. The summed E-state index contributed by atoms with van der Waals surface area (Å²) in [7, 11) is 3.21. The molecule has 1 fully saturated rings. The lowest BCUT2D eigenvalue weighted by Gasteiger charge is -2.31.